The normalized spacial score (nSPS) is 10.2. The molecule has 2 aromatic rings. The highest BCUT2D eigenvalue weighted by atomic mass is 35.5. The van der Waals surface area contributed by atoms with E-state index in [-0.39, 0.29) is 31.9 Å². The summed E-state index contributed by atoms with van der Waals surface area (Å²) in [6.45, 7) is 0. The van der Waals surface area contributed by atoms with E-state index in [9.17, 15) is 9.59 Å². The van der Waals surface area contributed by atoms with E-state index >= 15 is 0 Å². The fraction of sp³-hybridized carbons (Fsp3) is 0. The van der Waals surface area contributed by atoms with Gasteiger partial charge in [-0.2, -0.15) is 0 Å². The Morgan fingerprint density at radius 3 is 2.14 bits per heavy atom. The van der Waals surface area contributed by atoms with Crippen LogP contribution >= 0.6 is 34.8 Å². The van der Waals surface area contributed by atoms with Crippen molar-refractivity contribution in [1.82, 2.24) is 0 Å². The molecule has 7 heteroatoms. The summed E-state index contributed by atoms with van der Waals surface area (Å²) < 4.78 is 5.08. The van der Waals surface area contributed by atoms with Crippen molar-refractivity contribution in [3.05, 3.63) is 62.6 Å². The first-order chi connectivity index (χ1) is 9.91. The van der Waals surface area contributed by atoms with Gasteiger partial charge in [0.15, 0.2) is 5.75 Å². The molecule has 0 saturated carbocycles. The fourth-order valence-corrected chi connectivity index (χ4v) is 2.15. The second-order valence-corrected chi connectivity index (χ2v) is 5.08. The van der Waals surface area contributed by atoms with E-state index in [0.717, 1.165) is 0 Å². The van der Waals surface area contributed by atoms with Crippen molar-refractivity contribution in [1.29, 1.82) is 0 Å². The van der Waals surface area contributed by atoms with Crippen molar-refractivity contribution < 1.29 is 19.4 Å². The molecule has 0 bridgehead atoms. The fourth-order valence-electron chi connectivity index (χ4n) is 1.59. The summed E-state index contributed by atoms with van der Waals surface area (Å²) in [6.07, 6.45) is 0. The third-order valence-electron chi connectivity index (χ3n) is 2.58. The van der Waals surface area contributed by atoms with Crippen LogP contribution in [0.4, 0.5) is 0 Å². The van der Waals surface area contributed by atoms with Gasteiger partial charge in [0, 0.05) is 0 Å². The average molecular weight is 346 g/mol. The van der Waals surface area contributed by atoms with E-state index < -0.39 is 11.9 Å². The molecule has 0 amide bonds. The van der Waals surface area contributed by atoms with Crippen molar-refractivity contribution in [3.63, 3.8) is 0 Å². The quantitative estimate of drug-likeness (QED) is 0.503. The molecule has 0 aliphatic carbocycles. The lowest BCUT2D eigenvalue weighted by molar-refractivity contribution is 0.0668. The highest BCUT2D eigenvalue weighted by Crippen LogP contribution is 2.37. The average Bonchev–Trinajstić information content (AvgIpc) is 2.47. The Morgan fingerprint density at radius 1 is 0.905 bits per heavy atom. The molecule has 0 fully saturated rings. The molecule has 0 spiro atoms. The predicted molar refractivity (Wildman–Crippen MR) is 79.8 cm³/mol. The number of halogens is 3. The number of esters is 1. The van der Waals surface area contributed by atoms with Crippen molar-refractivity contribution in [2.24, 2.45) is 0 Å². The number of carboxylic acids is 1. The minimum absolute atomic E-state index is 0.00346. The molecule has 4 nitrogen and oxygen atoms in total. The Labute approximate surface area is 134 Å². The van der Waals surface area contributed by atoms with E-state index in [0.29, 0.717) is 0 Å². The topological polar surface area (TPSA) is 63.6 Å². The predicted octanol–water partition coefficient (Wildman–Crippen LogP) is 4.56. The molecule has 108 valence electrons. The second-order valence-electron chi connectivity index (χ2n) is 3.91. The van der Waals surface area contributed by atoms with E-state index in [2.05, 4.69) is 0 Å². The Balaban J connectivity index is 2.35. The van der Waals surface area contributed by atoms with Crippen LogP contribution in [0.3, 0.4) is 0 Å². The maximum Gasteiger partial charge on any atom is 0.344 e. The molecule has 0 saturated heterocycles. The van der Waals surface area contributed by atoms with Gasteiger partial charge in [-0.3, -0.25) is 0 Å². The van der Waals surface area contributed by atoms with Crippen LogP contribution in [0.1, 0.15) is 20.7 Å². The molecule has 1 N–H and O–H groups in total. The number of ether oxygens (including phenoxy) is 1. The number of hydrogen-bond acceptors (Lipinski definition) is 3. The van der Waals surface area contributed by atoms with Crippen LogP contribution in [0.15, 0.2) is 36.4 Å². The lowest BCUT2D eigenvalue weighted by Crippen LogP contribution is -2.14. The number of carbonyl (C=O) groups excluding carboxylic acids is 1. The monoisotopic (exact) mass is 344 g/mol. The number of hydrogen-bond donors (Lipinski definition) is 1. The van der Waals surface area contributed by atoms with Crippen molar-refractivity contribution in [3.8, 4) is 5.75 Å². The summed E-state index contributed by atoms with van der Waals surface area (Å²) in [7, 11) is 0. The van der Waals surface area contributed by atoms with Crippen molar-refractivity contribution >= 4 is 46.7 Å². The van der Waals surface area contributed by atoms with Gasteiger partial charge in [-0.05, 0) is 24.3 Å². The van der Waals surface area contributed by atoms with Crippen LogP contribution in [-0.4, -0.2) is 17.0 Å². The van der Waals surface area contributed by atoms with Gasteiger partial charge < -0.3 is 9.84 Å². The third kappa shape index (κ3) is 3.29. The van der Waals surface area contributed by atoms with Gasteiger partial charge in [0.2, 0.25) is 0 Å². The van der Waals surface area contributed by atoms with Crippen LogP contribution in [0, 0.1) is 0 Å². The Bertz CT molecular complexity index is 728. The van der Waals surface area contributed by atoms with E-state index in [1.54, 1.807) is 0 Å². The molecular formula is C14H7Cl3O4. The van der Waals surface area contributed by atoms with Crippen LogP contribution in [0.5, 0.6) is 5.75 Å². The summed E-state index contributed by atoms with van der Waals surface area (Å²) in [5, 5.41) is 9.29. The molecule has 0 unspecified atom stereocenters. The zero-order chi connectivity index (χ0) is 15.6. The number of carboxylic acid groups (broad SMARTS) is 1. The summed E-state index contributed by atoms with van der Waals surface area (Å²) in [6, 6.07) is 8.47. The maximum absolute atomic E-state index is 12.1. The van der Waals surface area contributed by atoms with Gasteiger partial charge in [-0.25, -0.2) is 9.59 Å². The molecule has 0 aliphatic rings. The number of benzene rings is 2. The summed E-state index contributed by atoms with van der Waals surface area (Å²) in [5.74, 6) is -2.09. The van der Waals surface area contributed by atoms with Crippen molar-refractivity contribution in [2.75, 3.05) is 0 Å². The maximum atomic E-state index is 12.1. The molecular weight excluding hydrogens is 339 g/mol. The lowest BCUT2D eigenvalue weighted by Gasteiger charge is -2.09. The highest BCUT2D eigenvalue weighted by molar-refractivity contribution is 6.48. The Kier molecular flexibility index (Phi) is 4.73. The molecule has 2 rings (SSSR count). The number of carbonyl (C=O) groups is 2. The first kappa shape index (κ1) is 15.6. The molecule has 0 atom stereocenters. The SMILES string of the molecule is O=C(O)c1ccccc1C(=O)Oc1ccc(Cl)c(Cl)c1Cl. The van der Waals surface area contributed by atoms with Gasteiger partial charge in [0.1, 0.15) is 5.02 Å². The highest BCUT2D eigenvalue weighted by Gasteiger charge is 2.19. The van der Waals surface area contributed by atoms with E-state index in [4.69, 9.17) is 44.6 Å². The third-order valence-corrected chi connectivity index (χ3v) is 3.86. The summed E-state index contributed by atoms with van der Waals surface area (Å²) in [5.41, 5.74) is -0.258. The van der Waals surface area contributed by atoms with Gasteiger partial charge in [0.25, 0.3) is 0 Å². The lowest BCUT2D eigenvalue weighted by atomic mass is 10.1. The molecule has 2 aromatic carbocycles. The van der Waals surface area contributed by atoms with Crippen LogP contribution < -0.4 is 4.74 Å². The summed E-state index contributed by atoms with van der Waals surface area (Å²) in [4.78, 5) is 23.1. The largest absolute Gasteiger partial charge is 0.478 e. The van der Waals surface area contributed by atoms with Gasteiger partial charge in [-0.1, -0.05) is 46.9 Å². The first-order valence-electron chi connectivity index (χ1n) is 5.60. The van der Waals surface area contributed by atoms with Crippen molar-refractivity contribution in [2.45, 2.75) is 0 Å². The van der Waals surface area contributed by atoms with Gasteiger partial charge >= 0.3 is 11.9 Å². The van der Waals surface area contributed by atoms with Gasteiger partial charge in [-0.15, -0.1) is 0 Å². The molecule has 0 aromatic heterocycles. The molecule has 0 radical (unpaired) electrons. The smallest absolute Gasteiger partial charge is 0.344 e. The minimum atomic E-state index is -1.23. The zero-order valence-corrected chi connectivity index (χ0v) is 12.5. The Hall–Kier alpha value is -1.75. The van der Waals surface area contributed by atoms with Gasteiger partial charge in [0.05, 0.1) is 21.2 Å². The standard InChI is InChI=1S/C14H7Cl3O4/c15-9-5-6-10(12(17)11(9)16)21-14(20)8-4-2-1-3-7(8)13(18)19/h1-6H,(H,18,19). The number of aromatic carboxylic acids is 1. The first-order valence-corrected chi connectivity index (χ1v) is 6.73. The van der Waals surface area contributed by atoms with Crippen LogP contribution in [-0.2, 0) is 0 Å². The minimum Gasteiger partial charge on any atom is -0.478 e. The van der Waals surface area contributed by atoms with Crippen LogP contribution in [0.2, 0.25) is 15.1 Å². The zero-order valence-electron chi connectivity index (χ0n) is 10.3. The van der Waals surface area contributed by atoms with Crippen LogP contribution in [0.25, 0.3) is 0 Å². The molecule has 0 aliphatic heterocycles. The number of rotatable bonds is 3. The second kappa shape index (κ2) is 6.35. The Morgan fingerprint density at radius 2 is 1.52 bits per heavy atom. The molecule has 0 heterocycles. The summed E-state index contributed by atoms with van der Waals surface area (Å²) >= 11 is 17.5. The van der Waals surface area contributed by atoms with E-state index in [1.807, 2.05) is 0 Å². The van der Waals surface area contributed by atoms with E-state index in [1.165, 1.54) is 36.4 Å². The molecule has 21 heavy (non-hydrogen) atoms.